The van der Waals surface area contributed by atoms with Crippen molar-refractivity contribution in [2.24, 2.45) is 5.92 Å². The molecule has 0 atom stereocenters. The lowest BCUT2D eigenvalue weighted by atomic mass is 9.89. The van der Waals surface area contributed by atoms with Crippen molar-refractivity contribution in [1.29, 1.82) is 0 Å². The summed E-state index contributed by atoms with van der Waals surface area (Å²) in [5.74, 6) is 0.666. The van der Waals surface area contributed by atoms with Crippen molar-refractivity contribution in [1.82, 2.24) is 9.80 Å². The molecule has 2 heterocycles. The standard InChI is InChI=1S/C21H31N3O2/c1-17-3-2-4-19(15-17)23-13-11-22(12-14-23)16-20(25)24-9-5-18(6-10-24)21(26)7-8-21/h2-4,15,18,26H,5-14,16H2,1H3. The Morgan fingerprint density at radius 1 is 1.12 bits per heavy atom. The van der Waals surface area contributed by atoms with Crippen molar-refractivity contribution in [2.75, 3.05) is 50.7 Å². The predicted octanol–water partition coefficient (Wildman–Crippen LogP) is 1.88. The van der Waals surface area contributed by atoms with E-state index in [0.29, 0.717) is 12.5 Å². The highest BCUT2D eigenvalue weighted by Gasteiger charge is 2.48. The van der Waals surface area contributed by atoms with Crippen LogP contribution in [-0.4, -0.2) is 72.2 Å². The molecule has 1 saturated carbocycles. The number of nitrogens with zero attached hydrogens (tertiary/aromatic N) is 3. The summed E-state index contributed by atoms with van der Waals surface area (Å²) in [6, 6.07) is 8.65. The number of piperidine rings is 1. The molecular formula is C21H31N3O2. The third-order valence-corrected chi connectivity index (χ3v) is 6.47. The molecule has 3 fully saturated rings. The van der Waals surface area contributed by atoms with Crippen molar-refractivity contribution >= 4 is 11.6 Å². The van der Waals surface area contributed by atoms with Crippen LogP contribution in [-0.2, 0) is 4.79 Å². The maximum Gasteiger partial charge on any atom is 0.236 e. The zero-order valence-electron chi connectivity index (χ0n) is 15.9. The Morgan fingerprint density at radius 3 is 2.42 bits per heavy atom. The van der Waals surface area contributed by atoms with E-state index < -0.39 is 0 Å². The zero-order valence-corrected chi connectivity index (χ0v) is 15.9. The summed E-state index contributed by atoms with van der Waals surface area (Å²) < 4.78 is 0. The number of aliphatic hydroxyl groups is 1. The topological polar surface area (TPSA) is 47.0 Å². The monoisotopic (exact) mass is 357 g/mol. The van der Waals surface area contributed by atoms with Gasteiger partial charge in [-0.2, -0.15) is 0 Å². The molecule has 4 rings (SSSR count). The van der Waals surface area contributed by atoms with E-state index in [1.807, 2.05) is 4.90 Å². The molecule has 0 unspecified atom stereocenters. The van der Waals surface area contributed by atoms with Crippen molar-refractivity contribution in [2.45, 2.75) is 38.2 Å². The molecule has 2 saturated heterocycles. The van der Waals surface area contributed by atoms with Gasteiger partial charge in [0.15, 0.2) is 0 Å². The Hall–Kier alpha value is -1.59. The second-order valence-electron chi connectivity index (χ2n) is 8.36. The molecular weight excluding hydrogens is 326 g/mol. The van der Waals surface area contributed by atoms with Gasteiger partial charge in [-0.1, -0.05) is 12.1 Å². The number of benzene rings is 1. The van der Waals surface area contributed by atoms with Gasteiger partial charge in [-0.15, -0.1) is 0 Å². The molecule has 1 N–H and O–H groups in total. The summed E-state index contributed by atoms with van der Waals surface area (Å²) in [5.41, 5.74) is 2.19. The summed E-state index contributed by atoms with van der Waals surface area (Å²) in [4.78, 5) is 19.4. The molecule has 1 amide bonds. The molecule has 5 nitrogen and oxygen atoms in total. The lowest BCUT2D eigenvalue weighted by Crippen LogP contribution is -2.51. The van der Waals surface area contributed by atoms with Crippen molar-refractivity contribution in [3.63, 3.8) is 0 Å². The predicted molar refractivity (Wildman–Crippen MR) is 103 cm³/mol. The first kappa shape index (κ1) is 17.8. The van der Waals surface area contributed by atoms with Crippen LogP contribution in [0.1, 0.15) is 31.2 Å². The van der Waals surface area contributed by atoms with Crippen LogP contribution in [0, 0.1) is 12.8 Å². The van der Waals surface area contributed by atoms with Crippen LogP contribution in [0.25, 0.3) is 0 Å². The number of carbonyl (C=O) groups is 1. The summed E-state index contributed by atoms with van der Waals surface area (Å²) in [7, 11) is 0. The van der Waals surface area contributed by atoms with E-state index >= 15 is 0 Å². The average Bonchev–Trinajstić information content (AvgIpc) is 3.41. The average molecular weight is 357 g/mol. The van der Waals surface area contributed by atoms with Crippen LogP contribution in [0.2, 0.25) is 0 Å². The third-order valence-electron chi connectivity index (χ3n) is 6.47. The fourth-order valence-electron chi connectivity index (χ4n) is 4.48. The van der Waals surface area contributed by atoms with Crippen molar-refractivity contribution < 1.29 is 9.90 Å². The van der Waals surface area contributed by atoms with Crippen LogP contribution >= 0.6 is 0 Å². The van der Waals surface area contributed by atoms with Crippen LogP contribution in [0.5, 0.6) is 0 Å². The van der Waals surface area contributed by atoms with E-state index in [0.717, 1.165) is 65.0 Å². The minimum absolute atomic E-state index is 0.259. The van der Waals surface area contributed by atoms with Gasteiger partial charge in [-0.25, -0.2) is 0 Å². The molecule has 0 radical (unpaired) electrons. The smallest absolute Gasteiger partial charge is 0.236 e. The number of carbonyl (C=O) groups excluding carboxylic acids is 1. The molecule has 26 heavy (non-hydrogen) atoms. The first-order valence-corrected chi connectivity index (χ1v) is 10.1. The van der Waals surface area contributed by atoms with Gasteiger partial charge >= 0.3 is 0 Å². The van der Waals surface area contributed by atoms with Crippen LogP contribution < -0.4 is 4.90 Å². The first-order valence-electron chi connectivity index (χ1n) is 10.1. The number of hydrogen-bond donors (Lipinski definition) is 1. The van der Waals surface area contributed by atoms with Gasteiger partial charge in [-0.3, -0.25) is 9.69 Å². The van der Waals surface area contributed by atoms with Crippen LogP contribution in [0.15, 0.2) is 24.3 Å². The third kappa shape index (κ3) is 3.89. The number of rotatable bonds is 4. The van der Waals surface area contributed by atoms with E-state index in [4.69, 9.17) is 0 Å². The van der Waals surface area contributed by atoms with E-state index in [1.165, 1.54) is 11.3 Å². The molecule has 142 valence electrons. The van der Waals surface area contributed by atoms with E-state index in [-0.39, 0.29) is 11.5 Å². The Bertz CT molecular complexity index is 642. The van der Waals surface area contributed by atoms with Gasteiger partial charge in [0.05, 0.1) is 12.1 Å². The second-order valence-corrected chi connectivity index (χ2v) is 8.36. The minimum atomic E-state index is -0.388. The highest BCUT2D eigenvalue weighted by Crippen LogP contribution is 2.46. The number of amides is 1. The molecule has 0 spiro atoms. The van der Waals surface area contributed by atoms with Gasteiger partial charge in [-0.05, 0) is 56.2 Å². The van der Waals surface area contributed by atoms with Gasteiger partial charge in [0, 0.05) is 45.0 Å². The summed E-state index contributed by atoms with van der Waals surface area (Å²) in [6.45, 7) is 8.13. The van der Waals surface area contributed by atoms with Crippen LogP contribution in [0.3, 0.4) is 0 Å². The Kier molecular flexibility index (Phi) is 4.93. The highest BCUT2D eigenvalue weighted by molar-refractivity contribution is 5.78. The zero-order chi connectivity index (χ0) is 18.1. The van der Waals surface area contributed by atoms with Crippen LogP contribution in [0.4, 0.5) is 5.69 Å². The lowest BCUT2D eigenvalue weighted by Gasteiger charge is -2.38. The van der Waals surface area contributed by atoms with Gasteiger partial charge in [0.2, 0.25) is 5.91 Å². The molecule has 3 aliphatic rings. The van der Waals surface area contributed by atoms with Gasteiger partial charge in [0.25, 0.3) is 0 Å². The Labute approximate surface area is 156 Å². The molecule has 1 aromatic carbocycles. The fourth-order valence-corrected chi connectivity index (χ4v) is 4.48. The van der Waals surface area contributed by atoms with Gasteiger partial charge < -0.3 is 14.9 Å². The molecule has 2 aliphatic heterocycles. The molecule has 1 aliphatic carbocycles. The minimum Gasteiger partial charge on any atom is -0.390 e. The lowest BCUT2D eigenvalue weighted by molar-refractivity contribution is -0.134. The quantitative estimate of drug-likeness (QED) is 0.894. The second kappa shape index (κ2) is 7.20. The highest BCUT2D eigenvalue weighted by atomic mass is 16.3. The number of aryl methyl sites for hydroxylation is 1. The first-order chi connectivity index (χ1) is 12.5. The maximum absolute atomic E-state index is 12.6. The summed E-state index contributed by atoms with van der Waals surface area (Å²) >= 11 is 0. The molecule has 1 aromatic rings. The number of hydrogen-bond acceptors (Lipinski definition) is 4. The van der Waals surface area contributed by atoms with Crippen molar-refractivity contribution in [3.05, 3.63) is 29.8 Å². The fraction of sp³-hybridized carbons (Fsp3) is 0.667. The van der Waals surface area contributed by atoms with Crippen molar-refractivity contribution in [3.8, 4) is 0 Å². The number of likely N-dealkylation sites (tertiary alicyclic amines) is 1. The summed E-state index contributed by atoms with van der Waals surface area (Å²) in [6.07, 6.45) is 3.83. The summed E-state index contributed by atoms with van der Waals surface area (Å²) in [5, 5.41) is 10.3. The SMILES string of the molecule is Cc1cccc(N2CCN(CC(=O)N3CCC(C4(O)CC4)CC3)CC2)c1. The van der Waals surface area contributed by atoms with Gasteiger partial charge in [0.1, 0.15) is 0 Å². The normalized spacial score (nSPS) is 23.9. The van der Waals surface area contributed by atoms with E-state index in [9.17, 15) is 9.90 Å². The van der Waals surface area contributed by atoms with E-state index in [2.05, 4.69) is 41.0 Å². The Balaban J connectivity index is 1.22. The molecule has 0 aromatic heterocycles. The maximum atomic E-state index is 12.6. The number of anilines is 1. The number of piperazine rings is 1. The largest absolute Gasteiger partial charge is 0.390 e. The van der Waals surface area contributed by atoms with E-state index in [1.54, 1.807) is 0 Å². The Morgan fingerprint density at radius 2 is 1.81 bits per heavy atom. The molecule has 0 bridgehead atoms. The molecule has 5 heteroatoms.